The van der Waals surface area contributed by atoms with Gasteiger partial charge in [-0.05, 0) is 13.0 Å². The zero-order chi connectivity index (χ0) is 9.26. The van der Waals surface area contributed by atoms with Crippen LogP contribution in [0.2, 0.25) is 0 Å². The second-order valence-corrected chi connectivity index (χ2v) is 2.90. The maximum atomic E-state index is 8.90. The number of para-hydroxylation sites is 1. The minimum absolute atomic E-state index is 0.105. The average molecular weight is 174 g/mol. The van der Waals surface area contributed by atoms with Crippen LogP contribution in [0.5, 0.6) is 0 Å². The summed E-state index contributed by atoms with van der Waals surface area (Å²) in [6, 6.07) is 7.78. The number of aliphatic hydroxyl groups is 1. The van der Waals surface area contributed by atoms with Crippen molar-refractivity contribution in [3.63, 3.8) is 0 Å². The highest BCUT2D eigenvalue weighted by Gasteiger charge is 2.01. The molecule has 3 heteroatoms. The molecule has 13 heavy (non-hydrogen) atoms. The average Bonchev–Trinajstić information content (AvgIpc) is 2.18. The van der Waals surface area contributed by atoms with Gasteiger partial charge in [-0.1, -0.05) is 18.2 Å². The minimum atomic E-state index is -0.105. The fourth-order valence-corrected chi connectivity index (χ4v) is 1.37. The number of benzene rings is 1. The number of aromatic nitrogens is 2. The van der Waals surface area contributed by atoms with E-state index in [0.717, 1.165) is 16.6 Å². The second-order valence-electron chi connectivity index (χ2n) is 2.90. The molecule has 0 aliphatic heterocycles. The molecule has 0 aliphatic rings. The van der Waals surface area contributed by atoms with Crippen molar-refractivity contribution in [1.29, 1.82) is 0 Å². The molecule has 1 aromatic carbocycles. The number of aryl methyl sites for hydroxylation is 1. The highest BCUT2D eigenvalue weighted by atomic mass is 16.3. The summed E-state index contributed by atoms with van der Waals surface area (Å²) in [5, 5.41) is 9.94. The molecule has 3 nitrogen and oxygen atoms in total. The summed E-state index contributed by atoms with van der Waals surface area (Å²) in [7, 11) is 0. The van der Waals surface area contributed by atoms with Gasteiger partial charge in [0, 0.05) is 11.1 Å². The zero-order valence-electron chi connectivity index (χ0n) is 7.36. The van der Waals surface area contributed by atoms with Gasteiger partial charge in [-0.25, -0.2) is 9.97 Å². The van der Waals surface area contributed by atoms with Crippen LogP contribution in [-0.4, -0.2) is 15.1 Å². The van der Waals surface area contributed by atoms with Gasteiger partial charge in [-0.2, -0.15) is 0 Å². The van der Waals surface area contributed by atoms with Crippen LogP contribution in [0, 0.1) is 6.92 Å². The van der Waals surface area contributed by atoms with Gasteiger partial charge < -0.3 is 5.11 Å². The lowest BCUT2D eigenvalue weighted by Crippen LogP contribution is -1.97. The predicted octanol–water partition coefficient (Wildman–Crippen LogP) is 1.43. The Morgan fingerprint density at radius 2 is 2.00 bits per heavy atom. The summed E-state index contributed by atoms with van der Waals surface area (Å²) >= 11 is 0. The quantitative estimate of drug-likeness (QED) is 0.711. The maximum Gasteiger partial charge on any atom is 0.154 e. The van der Waals surface area contributed by atoms with Gasteiger partial charge in [-0.3, -0.25) is 0 Å². The maximum absolute atomic E-state index is 8.90. The van der Waals surface area contributed by atoms with Crippen molar-refractivity contribution in [2.24, 2.45) is 0 Å². The number of fused-ring (bicyclic) bond motifs is 1. The van der Waals surface area contributed by atoms with Gasteiger partial charge in [-0.15, -0.1) is 0 Å². The molecule has 66 valence electrons. The fraction of sp³-hybridized carbons (Fsp3) is 0.200. The van der Waals surface area contributed by atoms with Gasteiger partial charge >= 0.3 is 0 Å². The van der Waals surface area contributed by atoms with E-state index in [-0.39, 0.29) is 6.61 Å². The van der Waals surface area contributed by atoms with Crippen LogP contribution in [0.4, 0.5) is 0 Å². The van der Waals surface area contributed by atoms with E-state index < -0.39 is 0 Å². The Morgan fingerprint density at radius 3 is 2.77 bits per heavy atom. The summed E-state index contributed by atoms with van der Waals surface area (Å²) in [6.07, 6.45) is 0. The van der Waals surface area contributed by atoms with Crippen LogP contribution >= 0.6 is 0 Å². The standard InChI is InChI=1S/C10H10N2O/c1-7-8-4-2-3-5-9(8)12-10(6-13)11-7/h2-5,13H,6H2,1H3. The van der Waals surface area contributed by atoms with Crippen LogP contribution in [0.1, 0.15) is 11.5 Å². The molecular formula is C10H10N2O. The molecule has 2 rings (SSSR count). The van der Waals surface area contributed by atoms with Crippen LogP contribution in [0.15, 0.2) is 24.3 Å². The van der Waals surface area contributed by atoms with Crippen molar-refractivity contribution >= 4 is 10.9 Å². The Kier molecular flexibility index (Phi) is 1.94. The molecule has 0 aliphatic carbocycles. The smallest absolute Gasteiger partial charge is 0.154 e. The van der Waals surface area contributed by atoms with E-state index in [9.17, 15) is 0 Å². The number of hydrogen-bond donors (Lipinski definition) is 1. The molecule has 0 amide bonds. The van der Waals surface area contributed by atoms with E-state index in [1.54, 1.807) is 0 Å². The van der Waals surface area contributed by atoms with E-state index in [1.165, 1.54) is 0 Å². The third kappa shape index (κ3) is 1.38. The Hall–Kier alpha value is -1.48. The third-order valence-corrected chi connectivity index (χ3v) is 1.98. The molecule has 0 radical (unpaired) electrons. The SMILES string of the molecule is Cc1nc(CO)nc2ccccc12. The molecule has 0 saturated carbocycles. The lowest BCUT2D eigenvalue weighted by molar-refractivity contribution is 0.271. The van der Waals surface area contributed by atoms with Crippen molar-refractivity contribution in [2.75, 3.05) is 0 Å². The van der Waals surface area contributed by atoms with Crippen molar-refractivity contribution < 1.29 is 5.11 Å². The van der Waals surface area contributed by atoms with E-state index in [2.05, 4.69) is 9.97 Å². The molecule has 1 aromatic heterocycles. The minimum Gasteiger partial charge on any atom is -0.388 e. The van der Waals surface area contributed by atoms with E-state index >= 15 is 0 Å². The molecule has 0 saturated heterocycles. The fourth-order valence-electron chi connectivity index (χ4n) is 1.37. The Labute approximate surface area is 76.1 Å². The molecule has 0 atom stereocenters. The molecule has 2 aromatic rings. The van der Waals surface area contributed by atoms with Crippen LogP contribution < -0.4 is 0 Å². The van der Waals surface area contributed by atoms with Crippen LogP contribution in [0.25, 0.3) is 10.9 Å². The van der Waals surface area contributed by atoms with E-state index in [0.29, 0.717) is 5.82 Å². The highest BCUT2D eigenvalue weighted by Crippen LogP contribution is 2.14. The first-order valence-electron chi connectivity index (χ1n) is 4.14. The largest absolute Gasteiger partial charge is 0.388 e. The Morgan fingerprint density at radius 1 is 1.23 bits per heavy atom. The van der Waals surface area contributed by atoms with Gasteiger partial charge in [0.25, 0.3) is 0 Å². The number of hydrogen-bond acceptors (Lipinski definition) is 3. The van der Waals surface area contributed by atoms with Crippen molar-refractivity contribution in [1.82, 2.24) is 9.97 Å². The first kappa shape index (κ1) is 8.13. The Balaban J connectivity index is 2.77. The number of aliphatic hydroxyl groups excluding tert-OH is 1. The molecular weight excluding hydrogens is 164 g/mol. The monoisotopic (exact) mass is 174 g/mol. The molecule has 1 N–H and O–H groups in total. The molecule has 0 unspecified atom stereocenters. The Bertz CT molecular complexity index is 440. The lowest BCUT2D eigenvalue weighted by atomic mass is 10.2. The second kappa shape index (κ2) is 3.11. The highest BCUT2D eigenvalue weighted by molar-refractivity contribution is 5.80. The predicted molar refractivity (Wildman–Crippen MR) is 50.2 cm³/mol. The van der Waals surface area contributed by atoms with Crippen LogP contribution in [-0.2, 0) is 6.61 Å². The first-order valence-corrected chi connectivity index (χ1v) is 4.14. The molecule has 0 fully saturated rings. The summed E-state index contributed by atoms with van der Waals surface area (Å²) in [5.74, 6) is 0.483. The molecule has 0 spiro atoms. The summed E-state index contributed by atoms with van der Waals surface area (Å²) in [5.41, 5.74) is 1.80. The van der Waals surface area contributed by atoms with Gasteiger partial charge in [0.1, 0.15) is 6.61 Å². The number of nitrogens with zero attached hydrogens (tertiary/aromatic N) is 2. The topological polar surface area (TPSA) is 46.0 Å². The normalized spacial score (nSPS) is 10.6. The van der Waals surface area contributed by atoms with Crippen molar-refractivity contribution in [2.45, 2.75) is 13.5 Å². The lowest BCUT2D eigenvalue weighted by Gasteiger charge is -2.02. The molecule has 0 bridgehead atoms. The summed E-state index contributed by atoms with van der Waals surface area (Å²) in [6.45, 7) is 1.81. The number of rotatable bonds is 1. The first-order chi connectivity index (χ1) is 6.31. The summed E-state index contributed by atoms with van der Waals surface area (Å²) < 4.78 is 0. The van der Waals surface area contributed by atoms with Crippen molar-refractivity contribution in [3.8, 4) is 0 Å². The zero-order valence-corrected chi connectivity index (χ0v) is 7.36. The van der Waals surface area contributed by atoms with E-state index in [1.807, 2.05) is 31.2 Å². The van der Waals surface area contributed by atoms with Crippen LogP contribution in [0.3, 0.4) is 0 Å². The third-order valence-electron chi connectivity index (χ3n) is 1.98. The van der Waals surface area contributed by atoms with E-state index in [4.69, 9.17) is 5.11 Å². The van der Waals surface area contributed by atoms with Crippen molar-refractivity contribution in [3.05, 3.63) is 35.8 Å². The summed E-state index contributed by atoms with van der Waals surface area (Å²) in [4.78, 5) is 8.35. The van der Waals surface area contributed by atoms with Gasteiger partial charge in [0.05, 0.1) is 5.52 Å². The van der Waals surface area contributed by atoms with Gasteiger partial charge in [0.15, 0.2) is 5.82 Å². The van der Waals surface area contributed by atoms with Gasteiger partial charge in [0.2, 0.25) is 0 Å². The molecule has 1 heterocycles.